The molecule has 2 amide bonds. The quantitative estimate of drug-likeness (QED) is 0.303. The third kappa shape index (κ3) is 7.99. The second-order valence-electron chi connectivity index (χ2n) is 10.1. The summed E-state index contributed by atoms with van der Waals surface area (Å²) in [7, 11) is -4.09. The third-order valence-electron chi connectivity index (χ3n) is 7.16. The molecule has 0 heterocycles. The van der Waals surface area contributed by atoms with E-state index in [-0.39, 0.29) is 30.6 Å². The number of para-hydroxylation sites is 1. The monoisotopic (exact) mass is 619 g/mol. The SMILES string of the molecule is CS(=O)(=O)N(CC(=O)N(Cc1c(Cl)cccc1Cl)[C@@H](Cc1ccccc1)C(=O)NC1CCCC1)c1ccccc1F. The number of halogens is 3. The maximum Gasteiger partial charge on any atom is 0.244 e. The molecule has 7 nitrogen and oxygen atoms in total. The van der Waals surface area contributed by atoms with Gasteiger partial charge in [-0.2, -0.15) is 0 Å². The van der Waals surface area contributed by atoms with E-state index in [9.17, 15) is 22.4 Å². The molecule has 11 heteroatoms. The molecule has 0 unspecified atom stereocenters. The highest BCUT2D eigenvalue weighted by atomic mass is 35.5. The molecule has 0 bridgehead atoms. The van der Waals surface area contributed by atoms with Crippen LogP contribution in [-0.4, -0.2) is 50.0 Å². The van der Waals surface area contributed by atoms with E-state index in [1.807, 2.05) is 30.3 Å². The van der Waals surface area contributed by atoms with Crippen LogP contribution in [0.3, 0.4) is 0 Å². The van der Waals surface area contributed by atoms with E-state index < -0.39 is 34.3 Å². The Balaban J connectivity index is 1.77. The summed E-state index contributed by atoms with van der Waals surface area (Å²) in [5, 5.41) is 3.66. The van der Waals surface area contributed by atoms with Gasteiger partial charge in [0.2, 0.25) is 21.8 Å². The first-order chi connectivity index (χ1) is 19.5. The van der Waals surface area contributed by atoms with Crippen molar-refractivity contribution in [2.75, 3.05) is 17.1 Å². The standard InChI is InChI=1S/C30H32Cl2FN3O4S/c1-41(39,40)36(27-17-8-7-16-26(27)33)20-29(37)35(19-23-24(31)14-9-15-25(23)32)28(18-21-10-3-2-4-11-21)30(38)34-22-12-5-6-13-22/h2-4,7-11,14-17,22,28H,5-6,12-13,18-20H2,1H3,(H,34,38)/t28-/m0/s1. The van der Waals surface area contributed by atoms with Crippen LogP contribution in [0.2, 0.25) is 10.0 Å². The van der Waals surface area contributed by atoms with Crippen LogP contribution in [0.1, 0.15) is 36.8 Å². The van der Waals surface area contributed by atoms with Gasteiger partial charge in [0.1, 0.15) is 18.4 Å². The van der Waals surface area contributed by atoms with Crippen molar-refractivity contribution in [3.63, 3.8) is 0 Å². The van der Waals surface area contributed by atoms with E-state index in [0.717, 1.165) is 43.6 Å². The molecule has 1 saturated carbocycles. The maximum absolute atomic E-state index is 14.7. The number of hydrogen-bond donors (Lipinski definition) is 1. The zero-order valence-electron chi connectivity index (χ0n) is 22.6. The lowest BCUT2D eigenvalue weighted by atomic mass is 10.0. The van der Waals surface area contributed by atoms with E-state index in [2.05, 4.69) is 5.32 Å². The molecule has 0 aromatic heterocycles. The molecule has 0 radical (unpaired) electrons. The van der Waals surface area contributed by atoms with Gasteiger partial charge in [0, 0.05) is 34.6 Å². The Morgan fingerprint density at radius 2 is 1.56 bits per heavy atom. The highest BCUT2D eigenvalue weighted by Gasteiger charge is 2.35. The molecular weight excluding hydrogens is 588 g/mol. The Bertz CT molecular complexity index is 1460. The molecule has 3 aromatic rings. The molecule has 0 spiro atoms. The molecule has 218 valence electrons. The largest absolute Gasteiger partial charge is 0.352 e. The van der Waals surface area contributed by atoms with E-state index in [1.54, 1.807) is 18.2 Å². The normalized spacial score (nSPS) is 14.4. The van der Waals surface area contributed by atoms with Crippen molar-refractivity contribution in [3.8, 4) is 0 Å². The number of rotatable bonds is 11. The van der Waals surface area contributed by atoms with Crippen molar-refractivity contribution >= 4 is 50.7 Å². The summed E-state index contributed by atoms with van der Waals surface area (Å²) < 4.78 is 41.1. The minimum absolute atomic E-state index is 0.0208. The van der Waals surface area contributed by atoms with Gasteiger partial charge in [0.25, 0.3) is 0 Å². The molecule has 4 rings (SSSR count). The van der Waals surface area contributed by atoms with E-state index in [4.69, 9.17) is 23.2 Å². The molecule has 1 atom stereocenters. The summed E-state index contributed by atoms with van der Waals surface area (Å²) in [6.45, 7) is -0.897. The molecule has 0 saturated heterocycles. The zero-order valence-corrected chi connectivity index (χ0v) is 24.9. The number of sulfonamides is 1. The van der Waals surface area contributed by atoms with Gasteiger partial charge >= 0.3 is 0 Å². The number of anilines is 1. The molecule has 3 aromatic carbocycles. The van der Waals surface area contributed by atoms with Gasteiger partial charge in [-0.05, 0) is 42.7 Å². The minimum Gasteiger partial charge on any atom is -0.352 e. The van der Waals surface area contributed by atoms with Crippen LogP contribution in [-0.2, 0) is 32.6 Å². The molecule has 1 fully saturated rings. The number of hydrogen-bond acceptors (Lipinski definition) is 4. The number of carbonyl (C=O) groups excluding carboxylic acids is 2. The number of nitrogens with one attached hydrogen (secondary N) is 1. The fourth-order valence-corrected chi connectivity index (χ4v) is 6.39. The smallest absolute Gasteiger partial charge is 0.244 e. The minimum atomic E-state index is -4.09. The van der Waals surface area contributed by atoms with Crippen LogP contribution in [0.15, 0.2) is 72.8 Å². The second-order valence-corrected chi connectivity index (χ2v) is 12.9. The van der Waals surface area contributed by atoms with E-state index >= 15 is 0 Å². The lowest BCUT2D eigenvalue weighted by Crippen LogP contribution is -2.54. The van der Waals surface area contributed by atoms with Gasteiger partial charge in [-0.25, -0.2) is 12.8 Å². The highest BCUT2D eigenvalue weighted by Crippen LogP contribution is 2.29. The van der Waals surface area contributed by atoms with Crippen LogP contribution in [0.4, 0.5) is 10.1 Å². The first-order valence-corrected chi connectivity index (χ1v) is 15.9. The number of benzene rings is 3. The van der Waals surface area contributed by atoms with E-state index in [0.29, 0.717) is 19.9 Å². The second kappa shape index (κ2) is 13.7. The van der Waals surface area contributed by atoms with Crippen LogP contribution >= 0.6 is 23.2 Å². The highest BCUT2D eigenvalue weighted by molar-refractivity contribution is 7.92. The molecule has 1 N–H and O–H groups in total. The van der Waals surface area contributed by atoms with Crippen molar-refractivity contribution in [2.45, 2.75) is 50.7 Å². The fourth-order valence-electron chi connectivity index (χ4n) is 5.02. The lowest BCUT2D eigenvalue weighted by molar-refractivity contribution is -0.140. The average Bonchev–Trinajstić information content (AvgIpc) is 3.44. The van der Waals surface area contributed by atoms with Crippen LogP contribution in [0.5, 0.6) is 0 Å². The van der Waals surface area contributed by atoms with Crippen molar-refractivity contribution in [1.29, 1.82) is 0 Å². The Morgan fingerprint density at radius 1 is 0.951 bits per heavy atom. The fraction of sp³-hybridized carbons (Fsp3) is 0.333. The molecule has 1 aliphatic rings. The summed E-state index contributed by atoms with van der Waals surface area (Å²) in [5.41, 5.74) is 0.943. The number of amides is 2. The van der Waals surface area contributed by atoms with Gasteiger partial charge in [0.05, 0.1) is 11.9 Å². The summed E-state index contributed by atoms with van der Waals surface area (Å²) in [5.74, 6) is -1.88. The zero-order chi connectivity index (χ0) is 29.6. The van der Waals surface area contributed by atoms with Gasteiger partial charge < -0.3 is 10.2 Å². The van der Waals surface area contributed by atoms with Gasteiger partial charge in [-0.1, -0.05) is 84.6 Å². The molecule has 1 aliphatic carbocycles. The van der Waals surface area contributed by atoms with Crippen molar-refractivity contribution < 1.29 is 22.4 Å². The third-order valence-corrected chi connectivity index (χ3v) is 9.00. The van der Waals surface area contributed by atoms with Crippen LogP contribution < -0.4 is 9.62 Å². The molecular formula is C30H32Cl2FN3O4S. The first-order valence-electron chi connectivity index (χ1n) is 13.3. The van der Waals surface area contributed by atoms with Gasteiger partial charge in [0.15, 0.2) is 0 Å². The maximum atomic E-state index is 14.7. The van der Waals surface area contributed by atoms with Crippen LogP contribution in [0.25, 0.3) is 0 Å². The van der Waals surface area contributed by atoms with Crippen molar-refractivity contribution in [1.82, 2.24) is 10.2 Å². The lowest BCUT2D eigenvalue weighted by Gasteiger charge is -2.34. The first kappa shape index (κ1) is 30.8. The Morgan fingerprint density at radius 3 is 2.17 bits per heavy atom. The predicted octanol–water partition coefficient (Wildman–Crippen LogP) is 5.60. The summed E-state index contributed by atoms with van der Waals surface area (Å²) in [4.78, 5) is 29.3. The van der Waals surface area contributed by atoms with Crippen molar-refractivity contribution in [3.05, 3.63) is 99.8 Å². The average molecular weight is 621 g/mol. The van der Waals surface area contributed by atoms with E-state index in [1.165, 1.54) is 23.1 Å². The summed E-state index contributed by atoms with van der Waals surface area (Å²) >= 11 is 13.0. The van der Waals surface area contributed by atoms with Crippen LogP contribution in [0, 0.1) is 5.82 Å². The summed E-state index contributed by atoms with van der Waals surface area (Å²) in [6.07, 6.45) is 4.73. The Hall–Kier alpha value is -3.14. The van der Waals surface area contributed by atoms with Gasteiger partial charge in [-0.15, -0.1) is 0 Å². The van der Waals surface area contributed by atoms with Gasteiger partial charge in [-0.3, -0.25) is 13.9 Å². The topological polar surface area (TPSA) is 86.8 Å². The Labute approximate surface area is 250 Å². The number of carbonyl (C=O) groups is 2. The van der Waals surface area contributed by atoms with Crippen molar-refractivity contribution in [2.24, 2.45) is 0 Å². The molecule has 41 heavy (non-hydrogen) atoms. The molecule has 0 aliphatic heterocycles. The predicted molar refractivity (Wildman–Crippen MR) is 160 cm³/mol. The Kier molecular flexibility index (Phi) is 10.3. The number of nitrogens with zero attached hydrogens (tertiary/aromatic N) is 2. The summed E-state index contributed by atoms with van der Waals surface area (Å²) in [6, 6.07) is 18.4.